The third-order valence-electron chi connectivity index (χ3n) is 4.13. The molecule has 1 aliphatic heterocycles. The van der Waals surface area contributed by atoms with Crippen LogP contribution in [0.15, 0.2) is 65.3 Å². The van der Waals surface area contributed by atoms with E-state index in [2.05, 4.69) is 11.9 Å². The molecule has 0 unspecified atom stereocenters. The number of amides is 1. The SMILES string of the molecule is CCCCSC1=N/C(=C/c2ccc(OC(C)C)cc2)C(=O)N1c1ccccc1. The summed E-state index contributed by atoms with van der Waals surface area (Å²) in [6, 6.07) is 17.4. The summed E-state index contributed by atoms with van der Waals surface area (Å²) in [5.41, 5.74) is 2.23. The van der Waals surface area contributed by atoms with Crippen LogP contribution in [0.25, 0.3) is 6.08 Å². The van der Waals surface area contributed by atoms with Gasteiger partial charge in [-0.05, 0) is 56.2 Å². The average molecular weight is 395 g/mol. The Morgan fingerprint density at radius 2 is 1.82 bits per heavy atom. The fourth-order valence-electron chi connectivity index (χ4n) is 2.78. The maximum absolute atomic E-state index is 13.1. The van der Waals surface area contributed by atoms with Crippen molar-refractivity contribution >= 4 is 34.6 Å². The van der Waals surface area contributed by atoms with E-state index < -0.39 is 0 Å². The third-order valence-corrected chi connectivity index (χ3v) is 5.15. The number of benzene rings is 2. The van der Waals surface area contributed by atoms with Gasteiger partial charge in [0.25, 0.3) is 5.91 Å². The number of ether oxygens (including phenoxy) is 1. The van der Waals surface area contributed by atoms with Gasteiger partial charge in [0.2, 0.25) is 0 Å². The molecule has 146 valence electrons. The van der Waals surface area contributed by atoms with Crippen molar-refractivity contribution in [2.24, 2.45) is 4.99 Å². The minimum absolute atomic E-state index is 0.0901. The van der Waals surface area contributed by atoms with E-state index in [4.69, 9.17) is 4.74 Å². The number of amidine groups is 1. The normalized spacial score (nSPS) is 15.4. The summed E-state index contributed by atoms with van der Waals surface area (Å²) >= 11 is 1.63. The van der Waals surface area contributed by atoms with E-state index in [1.54, 1.807) is 16.7 Å². The van der Waals surface area contributed by atoms with Crippen LogP contribution in [0.4, 0.5) is 5.69 Å². The Labute approximate surface area is 171 Å². The van der Waals surface area contributed by atoms with Crippen LogP contribution in [0.5, 0.6) is 5.75 Å². The fourth-order valence-corrected chi connectivity index (χ4v) is 3.87. The van der Waals surface area contributed by atoms with Crippen molar-refractivity contribution in [2.45, 2.75) is 39.7 Å². The smallest absolute Gasteiger partial charge is 0.283 e. The van der Waals surface area contributed by atoms with Crippen molar-refractivity contribution in [3.63, 3.8) is 0 Å². The van der Waals surface area contributed by atoms with E-state index in [-0.39, 0.29) is 12.0 Å². The number of unbranched alkanes of at least 4 members (excludes halogenated alkanes) is 1. The lowest BCUT2D eigenvalue weighted by molar-refractivity contribution is -0.113. The average Bonchev–Trinajstić information content (AvgIpc) is 2.99. The number of nitrogens with zero attached hydrogens (tertiary/aromatic N) is 2. The van der Waals surface area contributed by atoms with Gasteiger partial charge in [-0.2, -0.15) is 0 Å². The molecule has 3 rings (SSSR count). The summed E-state index contributed by atoms with van der Waals surface area (Å²) < 4.78 is 5.68. The van der Waals surface area contributed by atoms with Crippen LogP contribution in [0.1, 0.15) is 39.2 Å². The number of hydrogen-bond donors (Lipinski definition) is 0. The largest absolute Gasteiger partial charge is 0.491 e. The zero-order valence-corrected chi connectivity index (χ0v) is 17.4. The standard InChI is InChI=1S/C23H26N2O2S/c1-4-5-15-28-23-24-21(22(26)25(23)19-9-7-6-8-10-19)16-18-11-13-20(14-12-18)27-17(2)3/h6-14,16-17H,4-5,15H2,1-3H3/b21-16+. The molecule has 0 fully saturated rings. The zero-order chi connectivity index (χ0) is 19.9. The lowest BCUT2D eigenvalue weighted by atomic mass is 10.2. The third kappa shape index (κ3) is 5.04. The van der Waals surface area contributed by atoms with Crippen LogP contribution in [0, 0.1) is 0 Å². The van der Waals surface area contributed by atoms with Crippen molar-refractivity contribution in [1.29, 1.82) is 0 Å². The van der Waals surface area contributed by atoms with Gasteiger partial charge in [-0.15, -0.1) is 0 Å². The highest BCUT2D eigenvalue weighted by Crippen LogP contribution is 2.29. The Morgan fingerprint density at radius 1 is 1.11 bits per heavy atom. The first-order valence-electron chi connectivity index (χ1n) is 9.68. The van der Waals surface area contributed by atoms with Gasteiger partial charge < -0.3 is 4.74 Å². The van der Waals surface area contributed by atoms with Gasteiger partial charge in [-0.3, -0.25) is 9.69 Å². The van der Waals surface area contributed by atoms with Crippen LogP contribution in [0.3, 0.4) is 0 Å². The Morgan fingerprint density at radius 3 is 2.46 bits per heavy atom. The first-order chi connectivity index (χ1) is 13.6. The van der Waals surface area contributed by atoms with Crippen LogP contribution >= 0.6 is 11.8 Å². The molecule has 0 aliphatic carbocycles. The van der Waals surface area contributed by atoms with Gasteiger partial charge in [0, 0.05) is 5.75 Å². The van der Waals surface area contributed by atoms with Crippen LogP contribution < -0.4 is 9.64 Å². The number of anilines is 1. The van der Waals surface area contributed by atoms with E-state index in [0.29, 0.717) is 5.70 Å². The van der Waals surface area contributed by atoms with Gasteiger partial charge in [-0.25, -0.2) is 4.99 Å². The van der Waals surface area contributed by atoms with Crippen molar-refractivity contribution in [3.8, 4) is 5.75 Å². The van der Waals surface area contributed by atoms with Crippen molar-refractivity contribution in [2.75, 3.05) is 10.7 Å². The monoisotopic (exact) mass is 394 g/mol. The van der Waals surface area contributed by atoms with E-state index in [0.717, 1.165) is 40.8 Å². The summed E-state index contributed by atoms with van der Waals surface area (Å²) in [6.45, 7) is 6.16. The van der Waals surface area contributed by atoms with Crippen LogP contribution in [-0.4, -0.2) is 22.9 Å². The molecule has 0 radical (unpaired) electrons. The van der Waals surface area contributed by atoms with Gasteiger partial charge in [0.15, 0.2) is 5.17 Å². The topological polar surface area (TPSA) is 41.9 Å². The summed E-state index contributed by atoms with van der Waals surface area (Å²) in [4.78, 5) is 19.4. The summed E-state index contributed by atoms with van der Waals surface area (Å²) in [5, 5.41) is 0.746. The molecule has 0 saturated carbocycles. The zero-order valence-electron chi connectivity index (χ0n) is 16.6. The second kappa shape index (κ2) is 9.60. The molecule has 0 spiro atoms. The lowest BCUT2D eigenvalue weighted by Crippen LogP contribution is -2.30. The molecule has 0 aromatic heterocycles. The number of aliphatic imine (C=N–C) groups is 1. The maximum Gasteiger partial charge on any atom is 0.283 e. The number of carbonyl (C=O) groups is 1. The molecule has 28 heavy (non-hydrogen) atoms. The second-order valence-corrected chi connectivity index (χ2v) is 7.90. The molecule has 1 heterocycles. The van der Waals surface area contributed by atoms with Gasteiger partial charge in [-0.1, -0.05) is 55.4 Å². The molecule has 0 saturated heterocycles. The second-order valence-electron chi connectivity index (χ2n) is 6.84. The lowest BCUT2D eigenvalue weighted by Gasteiger charge is -2.17. The number of thioether (sulfide) groups is 1. The number of para-hydroxylation sites is 1. The Bertz CT molecular complexity index is 858. The van der Waals surface area contributed by atoms with Gasteiger partial charge in [0.1, 0.15) is 11.4 Å². The Hall–Kier alpha value is -2.53. The summed E-state index contributed by atoms with van der Waals surface area (Å²) in [7, 11) is 0. The van der Waals surface area contributed by atoms with E-state index in [1.807, 2.05) is 74.5 Å². The Kier molecular flexibility index (Phi) is 6.93. The molecule has 0 N–H and O–H groups in total. The Balaban J connectivity index is 1.85. The first-order valence-corrected chi connectivity index (χ1v) is 10.7. The minimum atomic E-state index is -0.0901. The molecule has 1 aliphatic rings. The number of hydrogen-bond acceptors (Lipinski definition) is 4. The number of carbonyl (C=O) groups excluding carboxylic acids is 1. The van der Waals surface area contributed by atoms with Crippen LogP contribution in [-0.2, 0) is 4.79 Å². The highest BCUT2D eigenvalue weighted by atomic mass is 32.2. The molecule has 2 aromatic rings. The predicted octanol–water partition coefficient (Wildman–Crippen LogP) is 5.75. The maximum atomic E-state index is 13.1. The summed E-state index contributed by atoms with van der Waals surface area (Å²) in [6.07, 6.45) is 4.18. The van der Waals surface area contributed by atoms with E-state index in [1.165, 1.54) is 0 Å². The van der Waals surface area contributed by atoms with Crippen molar-refractivity contribution in [1.82, 2.24) is 0 Å². The molecule has 5 heteroatoms. The highest BCUT2D eigenvalue weighted by Gasteiger charge is 2.31. The molecular formula is C23H26N2O2S. The van der Waals surface area contributed by atoms with Crippen molar-refractivity contribution < 1.29 is 9.53 Å². The fraction of sp³-hybridized carbons (Fsp3) is 0.304. The van der Waals surface area contributed by atoms with Gasteiger partial charge >= 0.3 is 0 Å². The van der Waals surface area contributed by atoms with E-state index in [9.17, 15) is 4.79 Å². The molecule has 4 nitrogen and oxygen atoms in total. The van der Waals surface area contributed by atoms with Gasteiger partial charge in [0.05, 0.1) is 11.8 Å². The van der Waals surface area contributed by atoms with Crippen molar-refractivity contribution in [3.05, 3.63) is 65.9 Å². The quantitative estimate of drug-likeness (QED) is 0.443. The van der Waals surface area contributed by atoms with E-state index >= 15 is 0 Å². The van der Waals surface area contributed by atoms with Crippen LogP contribution in [0.2, 0.25) is 0 Å². The first kappa shape index (κ1) is 20.2. The number of rotatable bonds is 7. The molecule has 1 amide bonds. The molecule has 0 atom stereocenters. The molecular weight excluding hydrogens is 368 g/mol. The minimum Gasteiger partial charge on any atom is -0.491 e. The molecule has 0 bridgehead atoms. The molecule has 2 aromatic carbocycles. The summed E-state index contributed by atoms with van der Waals surface area (Å²) in [5.74, 6) is 1.67. The predicted molar refractivity (Wildman–Crippen MR) is 119 cm³/mol. The highest BCUT2D eigenvalue weighted by molar-refractivity contribution is 8.14.